The summed E-state index contributed by atoms with van der Waals surface area (Å²) in [4.78, 5) is 35.0. The Morgan fingerprint density at radius 1 is 1.16 bits per heavy atom. The predicted octanol–water partition coefficient (Wildman–Crippen LogP) is 6.81. The molecule has 1 saturated heterocycles. The topological polar surface area (TPSA) is 53.5 Å². The Labute approximate surface area is 232 Å². The van der Waals surface area contributed by atoms with Gasteiger partial charge in [-0.25, -0.2) is 9.37 Å². The highest BCUT2D eigenvalue weighted by Crippen LogP contribution is 2.24. The van der Waals surface area contributed by atoms with Crippen LogP contribution < -0.4 is 0 Å². The zero-order valence-corrected chi connectivity index (χ0v) is 24.4. The van der Waals surface area contributed by atoms with Crippen LogP contribution in [0.3, 0.4) is 0 Å². The zero-order chi connectivity index (χ0) is 27.8. The molecule has 0 bridgehead atoms. The molecular weight excluding hydrogens is 501 g/mol. The Morgan fingerprint density at radius 2 is 1.82 bits per heavy atom. The third-order valence-corrected chi connectivity index (χ3v) is 8.22. The molecule has 7 heteroatoms. The van der Waals surface area contributed by atoms with E-state index in [2.05, 4.69) is 35.6 Å². The van der Waals surface area contributed by atoms with Gasteiger partial charge in [0, 0.05) is 43.7 Å². The summed E-state index contributed by atoms with van der Waals surface area (Å²) >= 11 is 6.02. The molecule has 0 N–H and O–H groups in total. The van der Waals surface area contributed by atoms with E-state index in [1.165, 1.54) is 12.1 Å². The smallest absolute Gasteiger partial charge is 0.227 e. The van der Waals surface area contributed by atoms with Crippen molar-refractivity contribution in [2.45, 2.75) is 91.6 Å². The standard InChI is InChI=1S/C31H43ClFN3O2/c1-6-21(2)20-36(30(38)19-25-10-12-26(33)13-11-25)27-14-16-35(17-15-27)23(4)8-7-9-28(37)31-22(3)18-29(32)34-24(31)5/h10-13,18,21,23,27H,6-9,14-17,19-20H2,1-5H3/t21?,23-/m1/s1. The molecule has 1 amide bonds. The molecule has 0 saturated carbocycles. The minimum atomic E-state index is -0.282. The molecule has 0 spiro atoms. The highest BCUT2D eigenvalue weighted by molar-refractivity contribution is 6.29. The Morgan fingerprint density at radius 3 is 2.42 bits per heavy atom. The summed E-state index contributed by atoms with van der Waals surface area (Å²) in [5.74, 6) is 0.417. The van der Waals surface area contributed by atoms with Crippen LogP contribution in [0.5, 0.6) is 0 Å². The Balaban J connectivity index is 1.51. The molecule has 0 radical (unpaired) electrons. The van der Waals surface area contributed by atoms with Crippen molar-refractivity contribution in [2.24, 2.45) is 5.92 Å². The van der Waals surface area contributed by atoms with Crippen LogP contribution in [0.1, 0.15) is 86.5 Å². The average molecular weight is 544 g/mol. The number of hydrogen-bond acceptors (Lipinski definition) is 4. The number of nitrogens with zero attached hydrogens (tertiary/aromatic N) is 3. The van der Waals surface area contributed by atoms with Gasteiger partial charge in [-0.15, -0.1) is 0 Å². The molecule has 1 fully saturated rings. The maximum atomic E-state index is 13.3. The number of ketones is 1. The second kappa shape index (κ2) is 14.2. The number of amides is 1. The maximum Gasteiger partial charge on any atom is 0.227 e. The van der Waals surface area contributed by atoms with Crippen molar-refractivity contribution < 1.29 is 14.0 Å². The Kier molecular flexibility index (Phi) is 11.3. The van der Waals surface area contributed by atoms with Crippen molar-refractivity contribution in [3.05, 3.63) is 63.7 Å². The quantitative estimate of drug-likeness (QED) is 0.218. The third kappa shape index (κ3) is 8.34. The van der Waals surface area contributed by atoms with Crippen molar-refractivity contribution >= 4 is 23.3 Å². The van der Waals surface area contributed by atoms with Crippen LogP contribution in [0.15, 0.2) is 30.3 Å². The number of piperidine rings is 1. The molecule has 38 heavy (non-hydrogen) atoms. The predicted molar refractivity (Wildman–Crippen MR) is 152 cm³/mol. The van der Waals surface area contributed by atoms with Crippen LogP contribution in [0.4, 0.5) is 4.39 Å². The average Bonchev–Trinajstić information content (AvgIpc) is 2.87. The number of halogens is 2. The summed E-state index contributed by atoms with van der Waals surface area (Å²) in [6.07, 6.45) is 5.52. The first-order valence-electron chi connectivity index (χ1n) is 14.0. The van der Waals surface area contributed by atoms with Gasteiger partial charge in [0.05, 0.1) is 12.1 Å². The van der Waals surface area contributed by atoms with Gasteiger partial charge in [0.15, 0.2) is 5.78 Å². The van der Waals surface area contributed by atoms with Crippen molar-refractivity contribution in [1.82, 2.24) is 14.8 Å². The molecule has 3 rings (SSSR count). The first kappa shape index (κ1) is 30.2. The maximum absolute atomic E-state index is 13.3. The van der Waals surface area contributed by atoms with E-state index in [0.717, 1.165) is 62.9 Å². The van der Waals surface area contributed by atoms with Crippen molar-refractivity contribution in [1.29, 1.82) is 0 Å². The van der Waals surface area contributed by atoms with E-state index < -0.39 is 0 Å². The molecule has 1 aromatic heterocycles. The van der Waals surface area contributed by atoms with Crippen LogP contribution >= 0.6 is 11.6 Å². The number of aryl methyl sites for hydroxylation is 2. The minimum absolute atomic E-state index is 0.129. The lowest BCUT2D eigenvalue weighted by Crippen LogP contribution is -2.50. The Bertz CT molecular complexity index is 1060. The SMILES string of the molecule is CCC(C)CN(C(=O)Cc1ccc(F)cc1)C1CCN([C@H](C)CCCC(=O)c2c(C)cc(Cl)nc2C)CC1. The van der Waals surface area contributed by atoms with E-state index in [-0.39, 0.29) is 23.5 Å². The van der Waals surface area contributed by atoms with Crippen LogP contribution in [0, 0.1) is 25.6 Å². The number of likely N-dealkylation sites (tertiary alicyclic amines) is 1. The van der Waals surface area contributed by atoms with Gasteiger partial charge in [-0.2, -0.15) is 0 Å². The molecule has 1 unspecified atom stereocenters. The summed E-state index contributed by atoms with van der Waals surface area (Å²) in [7, 11) is 0. The van der Waals surface area contributed by atoms with Crippen LogP contribution in [0.25, 0.3) is 0 Å². The molecule has 2 aromatic rings. The molecule has 2 atom stereocenters. The fourth-order valence-corrected chi connectivity index (χ4v) is 5.80. The van der Waals surface area contributed by atoms with Gasteiger partial charge in [-0.05, 0) is 81.7 Å². The van der Waals surface area contributed by atoms with Crippen LogP contribution in [-0.4, -0.2) is 58.2 Å². The van der Waals surface area contributed by atoms with E-state index in [4.69, 9.17) is 11.6 Å². The van der Waals surface area contributed by atoms with Crippen LogP contribution in [-0.2, 0) is 11.2 Å². The summed E-state index contributed by atoms with van der Waals surface area (Å²) in [5, 5.41) is 0.424. The third-order valence-electron chi connectivity index (χ3n) is 8.03. The lowest BCUT2D eigenvalue weighted by Gasteiger charge is -2.41. The second-order valence-electron chi connectivity index (χ2n) is 11.0. The molecule has 1 aliphatic heterocycles. The van der Waals surface area contributed by atoms with Crippen LogP contribution in [0.2, 0.25) is 5.15 Å². The second-order valence-corrected chi connectivity index (χ2v) is 11.4. The molecule has 1 aromatic carbocycles. The number of pyridine rings is 1. The molecule has 2 heterocycles. The summed E-state index contributed by atoms with van der Waals surface area (Å²) < 4.78 is 13.3. The fraction of sp³-hybridized carbons (Fsp3) is 0.581. The molecule has 208 valence electrons. The van der Waals surface area contributed by atoms with Gasteiger partial charge in [0.1, 0.15) is 11.0 Å². The number of Topliss-reactive ketones (excluding diaryl/α,β-unsaturated/α-hetero) is 1. The van der Waals surface area contributed by atoms with Crippen molar-refractivity contribution in [2.75, 3.05) is 19.6 Å². The lowest BCUT2D eigenvalue weighted by atomic mass is 9.96. The molecule has 0 aliphatic carbocycles. The molecule has 5 nitrogen and oxygen atoms in total. The fourth-order valence-electron chi connectivity index (χ4n) is 5.51. The van der Waals surface area contributed by atoms with Gasteiger partial charge >= 0.3 is 0 Å². The number of rotatable bonds is 12. The summed E-state index contributed by atoms with van der Waals surface area (Å²) in [6.45, 7) is 13.0. The zero-order valence-electron chi connectivity index (χ0n) is 23.6. The summed E-state index contributed by atoms with van der Waals surface area (Å²) in [5.41, 5.74) is 3.14. The number of hydrogen-bond donors (Lipinski definition) is 0. The Hall–Kier alpha value is -2.31. The monoisotopic (exact) mass is 543 g/mol. The molecular formula is C31H43ClFN3O2. The van der Waals surface area contributed by atoms with Crippen molar-refractivity contribution in [3.63, 3.8) is 0 Å². The van der Waals surface area contributed by atoms with Gasteiger partial charge in [0.2, 0.25) is 5.91 Å². The molecule has 1 aliphatic rings. The highest BCUT2D eigenvalue weighted by atomic mass is 35.5. The number of carbonyl (C=O) groups is 2. The minimum Gasteiger partial charge on any atom is -0.339 e. The van der Waals surface area contributed by atoms with Gasteiger partial charge < -0.3 is 9.80 Å². The van der Waals surface area contributed by atoms with E-state index in [9.17, 15) is 14.0 Å². The number of carbonyl (C=O) groups excluding carboxylic acids is 2. The first-order valence-corrected chi connectivity index (χ1v) is 14.4. The largest absolute Gasteiger partial charge is 0.339 e. The first-order chi connectivity index (χ1) is 18.1. The normalized spacial score (nSPS) is 16.3. The van der Waals surface area contributed by atoms with E-state index in [1.807, 2.05) is 13.8 Å². The van der Waals surface area contributed by atoms with E-state index in [1.54, 1.807) is 18.2 Å². The van der Waals surface area contributed by atoms with Gasteiger partial charge in [0.25, 0.3) is 0 Å². The summed E-state index contributed by atoms with van der Waals surface area (Å²) in [6, 6.07) is 8.61. The van der Waals surface area contributed by atoms with Gasteiger partial charge in [-0.3, -0.25) is 9.59 Å². The van der Waals surface area contributed by atoms with E-state index in [0.29, 0.717) is 41.2 Å². The number of aromatic nitrogens is 1. The number of benzene rings is 1. The van der Waals surface area contributed by atoms with Gasteiger partial charge in [-0.1, -0.05) is 44.0 Å². The highest BCUT2D eigenvalue weighted by Gasteiger charge is 2.30. The lowest BCUT2D eigenvalue weighted by molar-refractivity contribution is -0.134. The van der Waals surface area contributed by atoms with E-state index >= 15 is 0 Å². The van der Waals surface area contributed by atoms with Crippen molar-refractivity contribution in [3.8, 4) is 0 Å².